The summed E-state index contributed by atoms with van der Waals surface area (Å²) in [7, 11) is 0. The summed E-state index contributed by atoms with van der Waals surface area (Å²) in [5.74, 6) is -3.59. The van der Waals surface area contributed by atoms with Gasteiger partial charge in [-0.15, -0.1) is 6.58 Å². The summed E-state index contributed by atoms with van der Waals surface area (Å²) in [6, 6.07) is 4.83. The molecule has 172 valence electrons. The van der Waals surface area contributed by atoms with Crippen molar-refractivity contribution in [3.63, 3.8) is 0 Å². The lowest BCUT2D eigenvalue weighted by molar-refractivity contribution is -0.149. The Hall–Kier alpha value is -2.71. The lowest BCUT2D eigenvalue weighted by Gasteiger charge is -2.37. The van der Waals surface area contributed by atoms with Crippen LogP contribution in [0.15, 0.2) is 30.9 Å². The number of carbonyl (C=O) groups excluding carboxylic acids is 2. The van der Waals surface area contributed by atoms with Gasteiger partial charge >= 0.3 is 5.97 Å². The van der Waals surface area contributed by atoms with Crippen molar-refractivity contribution >= 4 is 23.5 Å². The van der Waals surface area contributed by atoms with E-state index < -0.39 is 35.6 Å². The fourth-order valence-electron chi connectivity index (χ4n) is 6.00. The summed E-state index contributed by atoms with van der Waals surface area (Å²) < 4.78 is 6.22. The van der Waals surface area contributed by atoms with Gasteiger partial charge < -0.3 is 24.7 Å². The molecule has 0 aliphatic carbocycles. The van der Waals surface area contributed by atoms with Crippen LogP contribution in [0.5, 0.6) is 0 Å². The number of rotatable bonds is 8. The second kappa shape index (κ2) is 8.33. The van der Waals surface area contributed by atoms with Crippen LogP contribution in [-0.2, 0) is 19.1 Å². The molecular formula is C24H30N2O6. The maximum Gasteiger partial charge on any atom is 0.310 e. The second-order valence-electron chi connectivity index (χ2n) is 8.98. The number of aliphatic hydroxyl groups excluding tert-OH is 1. The topological polar surface area (TPSA) is 107 Å². The van der Waals surface area contributed by atoms with Crippen LogP contribution >= 0.6 is 0 Å². The Morgan fingerprint density at radius 1 is 1.34 bits per heavy atom. The molecule has 1 aromatic carbocycles. The standard InChI is InChI=1S/C24H30N2O6/c1-4-11-25(19-14(2)7-5-8-15(19)3)22(29)20-24-10-9-16(32-24)17(23(30)31)18(24)21(28)26(20)12-6-13-27/h4-5,7-8,16-18,20,27H,1,6,9-13H2,2-3H3,(H,30,31)/t16-,17+,18+,20-,24+/m0/s1. The van der Waals surface area contributed by atoms with Crippen molar-refractivity contribution in [2.24, 2.45) is 11.8 Å². The van der Waals surface area contributed by atoms with E-state index in [1.165, 1.54) is 4.90 Å². The highest BCUT2D eigenvalue weighted by Crippen LogP contribution is 2.58. The monoisotopic (exact) mass is 442 g/mol. The summed E-state index contributed by atoms with van der Waals surface area (Å²) in [4.78, 5) is 42.7. The third-order valence-electron chi connectivity index (χ3n) is 7.16. The normalized spacial score (nSPS) is 30.5. The lowest BCUT2D eigenvalue weighted by Crippen LogP contribution is -2.56. The molecule has 8 nitrogen and oxygen atoms in total. The molecule has 3 fully saturated rings. The first kappa shape index (κ1) is 22.5. The highest BCUT2D eigenvalue weighted by Gasteiger charge is 2.74. The van der Waals surface area contributed by atoms with Crippen molar-refractivity contribution in [2.75, 3.05) is 24.6 Å². The number of fused-ring (bicyclic) bond motifs is 1. The zero-order chi connectivity index (χ0) is 23.2. The zero-order valence-corrected chi connectivity index (χ0v) is 18.5. The van der Waals surface area contributed by atoms with Crippen molar-refractivity contribution in [2.45, 2.75) is 50.9 Å². The number of carbonyl (C=O) groups is 3. The van der Waals surface area contributed by atoms with E-state index in [0.717, 1.165) is 16.8 Å². The maximum atomic E-state index is 14.2. The van der Waals surface area contributed by atoms with Gasteiger partial charge in [0.1, 0.15) is 11.6 Å². The van der Waals surface area contributed by atoms with E-state index in [0.29, 0.717) is 19.3 Å². The van der Waals surface area contributed by atoms with E-state index in [4.69, 9.17) is 4.74 Å². The number of carboxylic acids is 1. The molecule has 1 aromatic rings. The molecule has 2 N–H and O–H groups in total. The van der Waals surface area contributed by atoms with E-state index in [2.05, 4.69) is 6.58 Å². The fraction of sp³-hybridized carbons (Fsp3) is 0.542. The Morgan fingerprint density at radius 2 is 2.03 bits per heavy atom. The first-order chi connectivity index (χ1) is 15.3. The van der Waals surface area contributed by atoms with E-state index >= 15 is 0 Å². The predicted octanol–water partition coefficient (Wildman–Crippen LogP) is 1.66. The number of aliphatic carboxylic acids is 1. The van der Waals surface area contributed by atoms with Crippen LogP contribution in [0.4, 0.5) is 5.69 Å². The lowest BCUT2D eigenvalue weighted by atomic mass is 9.70. The minimum absolute atomic E-state index is 0.137. The summed E-state index contributed by atoms with van der Waals surface area (Å²) in [6.45, 7) is 7.93. The minimum atomic E-state index is -1.16. The van der Waals surface area contributed by atoms with Crippen molar-refractivity contribution in [1.82, 2.24) is 4.90 Å². The van der Waals surface area contributed by atoms with Crippen LogP contribution in [-0.4, -0.2) is 70.3 Å². The van der Waals surface area contributed by atoms with Crippen LogP contribution in [0.1, 0.15) is 30.4 Å². The van der Waals surface area contributed by atoms with Gasteiger partial charge in [0, 0.05) is 25.4 Å². The van der Waals surface area contributed by atoms with Crippen LogP contribution in [0.3, 0.4) is 0 Å². The number of likely N-dealkylation sites (tertiary alicyclic amines) is 1. The van der Waals surface area contributed by atoms with Gasteiger partial charge in [-0.2, -0.15) is 0 Å². The van der Waals surface area contributed by atoms with Crippen LogP contribution in [0.2, 0.25) is 0 Å². The quantitative estimate of drug-likeness (QED) is 0.593. The van der Waals surface area contributed by atoms with Gasteiger partial charge in [0.25, 0.3) is 5.91 Å². The number of aryl methyl sites for hydroxylation is 2. The highest BCUT2D eigenvalue weighted by atomic mass is 16.5. The van der Waals surface area contributed by atoms with Crippen LogP contribution < -0.4 is 4.90 Å². The van der Waals surface area contributed by atoms with Gasteiger partial charge in [0.05, 0.1) is 17.9 Å². The molecule has 5 atom stereocenters. The number of nitrogens with zero attached hydrogens (tertiary/aromatic N) is 2. The Morgan fingerprint density at radius 3 is 2.62 bits per heavy atom. The van der Waals surface area contributed by atoms with Crippen LogP contribution in [0.25, 0.3) is 0 Å². The molecule has 3 aliphatic rings. The Balaban J connectivity index is 1.81. The molecule has 0 saturated carbocycles. The fourth-order valence-corrected chi connectivity index (χ4v) is 6.00. The van der Waals surface area contributed by atoms with Gasteiger partial charge in [-0.3, -0.25) is 14.4 Å². The number of benzene rings is 1. The number of hydrogen-bond acceptors (Lipinski definition) is 5. The first-order valence-corrected chi connectivity index (χ1v) is 11.1. The second-order valence-corrected chi connectivity index (χ2v) is 8.98. The van der Waals surface area contributed by atoms with Gasteiger partial charge in [0.15, 0.2) is 0 Å². The highest BCUT2D eigenvalue weighted by molar-refractivity contribution is 6.05. The van der Waals surface area contributed by atoms with Crippen molar-refractivity contribution in [1.29, 1.82) is 0 Å². The molecule has 4 rings (SSSR count). The molecule has 0 unspecified atom stereocenters. The van der Waals surface area contributed by atoms with Gasteiger partial charge in [-0.25, -0.2) is 0 Å². The molecule has 3 saturated heterocycles. The summed E-state index contributed by atoms with van der Waals surface area (Å²) in [6.07, 6.45) is 2.33. The van der Waals surface area contributed by atoms with Gasteiger partial charge in [0.2, 0.25) is 5.91 Å². The third kappa shape index (κ3) is 3.16. The molecule has 3 aliphatic heterocycles. The predicted molar refractivity (Wildman–Crippen MR) is 117 cm³/mol. The summed E-state index contributed by atoms with van der Waals surface area (Å²) >= 11 is 0. The molecule has 8 heteroatoms. The number of aliphatic hydroxyl groups is 1. The molecular weight excluding hydrogens is 412 g/mol. The van der Waals surface area contributed by atoms with Crippen LogP contribution in [0, 0.1) is 25.7 Å². The average Bonchev–Trinajstić information content (AvgIpc) is 3.38. The van der Waals surface area contributed by atoms with Gasteiger partial charge in [-0.1, -0.05) is 24.3 Å². The van der Waals surface area contributed by atoms with Crippen molar-refractivity contribution in [3.8, 4) is 0 Å². The number of amides is 2. The molecule has 1 spiro atoms. The molecule has 0 radical (unpaired) electrons. The van der Waals surface area contributed by atoms with E-state index in [9.17, 15) is 24.6 Å². The SMILES string of the molecule is C=CCN(C(=O)[C@@H]1N(CCCO)C(=O)[C@H]2[C@H](C(=O)O)[C@@H]3CC[C@]12O3)c1c(C)cccc1C. The molecule has 3 heterocycles. The number of para-hydroxylation sites is 1. The third-order valence-corrected chi connectivity index (χ3v) is 7.16. The van der Waals surface area contributed by atoms with Gasteiger partial charge in [-0.05, 0) is 44.2 Å². The molecule has 0 aromatic heterocycles. The number of ether oxygens (including phenoxy) is 1. The first-order valence-electron chi connectivity index (χ1n) is 11.1. The average molecular weight is 443 g/mol. The molecule has 2 bridgehead atoms. The summed E-state index contributed by atoms with van der Waals surface area (Å²) in [5.41, 5.74) is 1.43. The molecule has 2 amide bonds. The number of hydrogen-bond donors (Lipinski definition) is 2. The Labute approximate surface area is 187 Å². The maximum absolute atomic E-state index is 14.2. The van der Waals surface area contributed by atoms with Crippen molar-refractivity contribution in [3.05, 3.63) is 42.0 Å². The summed E-state index contributed by atoms with van der Waals surface area (Å²) in [5, 5.41) is 19.2. The van der Waals surface area contributed by atoms with Crippen molar-refractivity contribution < 1.29 is 29.3 Å². The Kier molecular flexibility index (Phi) is 5.85. The van der Waals surface area contributed by atoms with E-state index in [-0.39, 0.29) is 31.5 Å². The number of anilines is 1. The van der Waals surface area contributed by atoms with E-state index in [1.807, 2.05) is 32.0 Å². The number of carboxylic acid groups (broad SMARTS) is 1. The zero-order valence-electron chi connectivity index (χ0n) is 18.5. The smallest absolute Gasteiger partial charge is 0.310 e. The van der Waals surface area contributed by atoms with E-state index in [1.54, 1.807) is 11.0 Å². The largest absolute Gasteiger partial charge is 0.481 e. The molecule has 32 heavy (non-hydrogen) atoms. The Bertz CT molecular complexity index is 942. The minimum Gasteiger partial charge on any atom is -0.481 e.